The van der Waals surface area contributed by atoms with Crippen molar-refractivity contribution in [1.82, 2.24) is 24.1 Å². The number of hydrogen-bond acceptors (Lipinski definition) is 3. The Morgan fingerprint density at radius 3 is 1.57 bits per heavy atom. The molecule has 3 aromatic heterocycles. The molecule has 155 valence electrons. The zero-order valence-electron chi connectivity index (χ0n) is 16.1. The van der Waals surface area contributed by atoms with Crippen LogP contribution in [-0.4, -0.2) is 24.1 Å². The van der Waals surface area contributed by atoms with E-state index in [9.17, 15) is 0 Å². The average molecular weight is 481 g/mol. The molecule has 0 saturated heterocycles. The minimum absolute atomic E-state index is 0. The first kappa shape index (κ1) is 29.2. The number of aryl methyl sites for hydroxylation is 2. The van der Waals surface area contributed by atoms with Gasteiger partial charge in [0.05, 0.1) is 0 Å². The number of unbranched alkanes of at least 4 members (excludes halogenated alkanes) is 2. The Bertz CT molecular complexity index is 730. The number of rotatable bonds is 8. The predicted octanol–water partition coefficient (Wildman–Crippen LogP) is -4.58. The van der Waals surface area contributed by atoms with Gasteiger partial charge in [-0.2, -0.15) is 0 Å². The van der Waals surface area contributed by atoms with Crippen molar-refractivity contribution in [2.24, 2.45) is 0 Å². The summed E-state index contributed by atoms with van der Waals surface area (Å²) in [5.41, 5.74) is 1.80. The summed E-state index contributed by atoms with van der Waals surface area (Å²) in [6.07, 6.45) is 12.4. The van der Waals surface area contributed by atoms with Gasteiger partial charge >= 0.3 is 0 Å². The van der Waals surface area contributed by atoms with Crippen molar-refractivity contribution < 1.29 is 55.8 Å². The fourth-order valence-corrected chi connectivity index (χ4v) is 2.79. The van der Waals surface area contributed by atoms with Crippen molar-refractivity contribution in [1.29, 1.82) is 0 Å². The number of imidazole rings is 2. The first-order valence-electron chi connectivity index (χ1n) is 8.83. The zero-order valence-corrected chi connectivity index (χ0v) is 19.8. The Balaban J connectivity index is 0. The Morgan fingerprint density at radius 2 is 1.18 bits per heavy atom. The summed E-state index contributed by atoms with van der Waals surface area (Å²) < 4.78 is 4.36. The summed E-state index contributed by atoms with van der Waals surface area (Å²) >= 11 is 0. The molecule has 1 radical (unpaired) electrons. The molecule has 0 spiro atoms. The van der Waals surface area contributed by atoms with E-state index in [4.69, 9.17) is 4.98 Å². The third-order valence-corrected chi connectivity index (χ3v) is 4.14. The number of pyridine rings is 1. The van der Waals surface area contributed by atoms with Crippen LogP contribution in [0.5, 0.6) is 0 Å². The molecular weight excluding hydrogens is 456 g/mol. The average Bonchev–Trinajstić information content (AvgIpc) is 3.27. The summed E-state index contributed by atoms with van der Waals surface area (Å²) in [5, 5.41) is 0. The van der Waals surface area contributed by atoms with Crippen molar-refractivity contribution >= 4 is 0 Å². The molecule has 0 saturated carbocycles. The van der Waals surface area contributed by atoms with Gasteiger partial charge in [0.15, 0.2) is 11.6 Å². The maximum Gasteiger partial charge on any atom is 0.158 e. The predicted molar refractivity (Wildman–Crippen MR) is 96.5 cm³/mol. The van der Waals surface area contributed by atoms with Crippen LogP contribution in [0, 0.1) is 0 Å². The molecule has 3 heterocycles. The van der Waals surface area contributed by atoms with E-state index < -0.39 is 0 Å². The van der Waals surface area contributed by atoms with Crippen molar-refractivity contribution in [3.63, 3.8) is 0 Å². The van der Waals surface area contributed by atoms with Crippen LogP contribution >= 0.6 is 0 Å². The maximum absolute atomic E-state index is 4.83. The molecular formula is C19H25Cl3N5V-3. The van der Waals surface area contributed by atoms with Crippen LogP contribution < -0.4 is 37.2 Å². The van der Waals surface area contributed by atoms with E-state index in [0.29, 0.717) is 0 Å². The topological polar surface area (TPSA) is 48.5 Å². The Hall–Kier alpha value is -0.976. The van der Waals surface area contributed by atoms with E-state index >= 15 is 0 Å². The molecule has 0 bridgehead atoms. The molecule has 0 aromatic carbocycles. The molecule has 0 atom stereocenters. The molecule has 0 aliphatic heterocycles. The first-order chi connectivity index (χ1) is 11.8. The van der Waals surface area contributed by atoms with Crippen LogP contribution in [0.25, 0.3) is 23.0 Å². The van der Waals surface area contributed by atoms with Gasteiger partial charge < -0.3 is 46.4 Å². The summed E-state index contributed by atoms with van der Waals surface area (Å²) in [7, 11) is 0. The van der Waals surface area contributed by atoms with Gasteiger partial charge in [0.25, 0.3) is 0 Å². The normalized spacial score (nSPS) is 9.50. The molecule has 0 aliphatic rings. The number of halogens is 3. The summed E-state index contributed by atoms with van der Waals surface area (Å²) in [5.74, 6) is 1.86. The molecule has 3 rings (SSSR count). The van der Waals surface area contributed by atoms with Crippen molar-refractivity contribution in [2.75, 3.05) is 0 Å². The summed E-state index contributed by atoms with van der Waals surface area (Å²) in [6.45, 7) is 6.35. The van der Waals surface area contributed by atoms with E-state index in [-0.39, 0.29) is 55.8 Å². The SMILES string of the molecule is CCCCn1ccnc1-c1cccc(-c2nccn2CCCC)n1.[Cl-].[Cl-].[Cl-].[V]. The van der Waals surface area contributed by atoms with Crippen LogP contribution in [-0.2, 0) is 31.6 Å². The fourth-order valence-electron chi connectivity index (χ4n) is 2.79. The van der Waals surface area contributed by atoms with Crippen LogP contribution in [0.1, 0.15) is 39.5 Å². The quantitative estimate of drug-likeness (QED) is 0.326. The molecule has 3 aromatic rings. The second kappa shape index (κ2) is 14.9. The number of nitrogens with zero attached hydrogens (tertiary/aromatic N) is 5. The molecule has 0 unspecified atom stereocenters. The fraction of sp³-hybridized carbons (Fsp3) is 0.421. The van der Waals surface area contributed by atoms with E-state index in [1.54, 1.807) is 0 Å². The van der Waals surface area contributed by atoms with E-state index in [1.165, 1.54) is 12.8 Å². The van der Waals surface area contributed by atoms with Gasteiger partial charge in [-0.05, 0) is 25.0 Å². The third kappa shape index (κ3) is 7.12. The Kier molecular flexibility index (Phi) is 15.6. The molecule has 0 N–H and O–H groups in total. The largest absolute Gasteiger partial charge is 1.00 e. The van der Waals surface area contributed by atoms with Gasteiger partial charge in [0, 0.05) is 56.4 Å². The molecule has 0 amide bonds. The van der Waals surface area contributed by atoms with Gasteiger partial charge in [0.1, 0.15) is 11.4 Å². The second-order valence-electron chi connectivity index (χ2n) is 6.00. The molecule has 0 fully saturated rings. The Labute approximate surface area is 197 Å². The van der Waals surface area contributed by atoms with Crippen molar-refractivity contribution in [3.05, 3.63) is 43.0 Å². The van der Waals surface area contributed by atoms with Crippen molar-refractivity contribution in [3.8, 4) is 23.0 Å². The van der Waals surface area contributed by atoms with Crippen LogP contribution in [0.2, 0.25) is 0 Å². The van der Waals surface area contributed by atoms with Crippen molar-refractivity contribution in [2.45, 2.75) is 52.6 Å². The third-order valence-electron chi connectivity index (χ3n) is 4.14. The van der Waals surface area contributed by atoms with Gasteiger partial charge in [-0.1, -0.05) is 32.8 Å². The molecule has 0 aliphatic carbocycles. The smallest absolute Gasteiger partial charge is 0.158 e. The standard InChI is InChI=1S/C19H25N5.3ClH.V/c1-3-5-12-23-14-10-20-18(23)16-8-7-9-17(22-16)19-21-11-15-24(19)13-6-4-2;;;;/h7-11,14-15H,3-6,12-13H2,1-2H3;3*1H;/p-3. The first-order valence-corrected chi connectivity index (χ1v) is 8.83. The van der Waals surface area contributed by atoms with E-state index in [1.807, 2.05) is 43.0 Å². The second-order valence-corrected chi connectivity index (χ2v) is 6.00. The van der Waals surface area contributed by atoms with Crippen LogP contribution in [0.15, 0.2) is 43.0 Å². The minimum Gasteiger partial charge on any atom is -1.00 e. The van der Waals surface area contributed by atoms with Gasteiger partial charge in [0.2, 0.25) is 0 Å². The minimum atomic E-state index is 0. The summed E-state index contributed by atoms with van der Waals surface area (Å²) in [6, 6.07) is 6.08. The molecule has 28 heavy (non-hydrogen) atoms. The monoisotopic (exact) mass is 479 g/mol. The number of hydrogen-bond donors (Lipinski definition) is 0. The van der Waals surface area contributed by atoms with Gasteiger partial charge in [-0.3, -0.25) is 0 Å². The van der Waals surface area contributed by atoms with Crippen LogP contribution in [0.3, 0.4) is 0 Å². The molecule has 5 nitrogen and oxygen atoms in total. The Morgan fingerprint density at radius 1 is 0.750 bits per heavy atom. The zero-order chi connectivity index (χ0) is 16.8. The van der Waals surface area contributed by atoms with E-state index in [0.717, 1.165) is 49.0 Å². The van der Waals surface area contributed by atoms with Crippen LogP contribution in [0.4, 0.5) is 0 Å². The van der Waals surface area contributed by atoms with E-state index in [2.05, 4.69) is 32.9 Å². The van der Waals surface area contributed by atoms with Gasteiger partial charge in [-0.25, -0.2) is 15.0 Å². The number of aromatic nitrogens is 5. The maximum atomic E-state index is 4.83. The summed E-state index contributed by atoms with van der Waals surface area (Å²) in [4.78, 5) is 13.8. The van der Waals surface area contributed by atoms with Gasteiger partial charge in [-0.15, -0.1) is 0 Å². The molecule has 9 heteroatoms.